The monoisotopic (exact) mass is 187 g/mol. The first-order valence-electron chi connectivity index (χ1n) is 4.46. The van der Waals surface area contributed by atoms with Crippen LogP contribution in [0.25, 0.3) is 0 Å². The number of carbonyl (C=O) groups is 1. The molecule has 1 saturated carbocycles. The number of carbonyl (C=O) groups excluding carboxylic acids is 1. The molecule has 1 amide bonds. The van der Waals surface area contributed by atoms with Crippen molar-refractivity contribution in [2.45, 2.75) is 18.9 Å². The molecule has 13 heavy (non-hydrogen) atoms. The van der Waals surface area contributed by atoms with Crippen molar-refractivity contribution >= 4 is 5.91 Å². The van der Waals surface area contributed by atoms with Gasteiger partial charge < -0.3 is 21.9 Å². The summed E-state index contributed by atoms with van der Waals surface area (Å²) in [7, 11) is 0. The summed E-state index contributed by atoms with van der Waals surface area (Å²) in [4.78, 5) is 10.5. The third-order valence-electron chi connectivity index (χ3n) is 2.52. The van der Waals surface area contributed by atoms with Gasteiger partial charge in [-0.25, -0.2) is 0 Å². The summed E-state index contributed by atoms with van der Waals surface area (Å²) in [5.41, 5.74) is 10.4. The van der Waals surface area contributed by atoms with Crippen LogP contribution in [0.1, 0.15) is 12.8 Å². The second kappa shape index (κ2) is 4.04. The highest BCUT2D eigenvalue weighted by Crippen LogP contribution is 2.44. The molecule has 0 saturated heterocycles. The zero-order chi connectivity index (χ0) is 9.90. The first-order chi connectivity index (χ1) is 6.09. The molecule has 1 fully saturated rings. The summed E-state index contributed by atoms with van der Waals surface area (Å²) in [6, 6.07) is -0.630. The highest BCUT2D eigenvalue weighted by Gasteiger charge is 2.41. The number of aliphatic hydroxyl groups excluding tert-OH is 1. The molecule has 0 bridgehead atoms. The van der Waals surface area contributed by atoms with Gasteiger partial charge in [-0.2, -0.15) is 0 Å². The number of primary amides is 1. The summed E-state index contributed by atoms with van der Waals surface area (Å²) in [6.45, 7) is 1.30. The summed E-state index contributed by atoms with van der Waals surface area (Å²) in [5, 5.41) is 12.0. The van der Waals surface area contributed by atoms with Crippen LogP contribution < -0.4 is 16.8 Å². The van der Waals surface area contributed by atoms with E-state index < -0.39 is 11.9 Å². The van der Waals surface area contributed by atoms with Crippen LogP contribution in [0.2, 0.25) is 0 Å². The molecule has 1 atom stereocenters. The molecule has 0 aromatic carbocycles. The Hall–Kier alpha value is -0.650. The van der Waals surface area contributed by atoms with Crippen molar-refractivity contribution in [1.82, 2.24) is 5.32 Å². The maximum absolute atomic E-state index is 10.5. The van der Waals surface area contributed by atoms with Crippen LogP contribution in [0.5, 0.6) is 0 Å². The lowest BCUT2D eigenvalue weighted by Crippen LogP contribution is -2.45. The molecule has 0 aliphatic heterocycles. The van der Waals surface area contributed by atoms with Crippen LogP contribution in [0.4, 0.5) is 0 Å². The Morgan fingerprint density at radius 2 is 2.23 bits per heavy atom. The number of nitrogens with two attached hydrogens (primary N) is 2. The minimum absolute atomic E-state index is 0.0529. The maximum atomic E-state index is 10.5. The third kappa shape index (κ3) is 2.95. The molecule has 0 aromatic heterocycles. The zero-order valence-electron chi connectivity index (χ0n) is 7.62. The Morgan fingerprint density at radius 1 is 1.62 bits per heavy atom. The Labute approximate surface area is 77.5 Å². The van der Waals surface area contributed by atoms with Crippen LogP contribution in [0, 0.1) is 5.41 Å². The van der Waals surface area contributed by atoms with Gasteiger partial charge in [0.25, 0.3) is 0 Å². The molecule has 0 heterocycles. The van der Waals surface area contributed by atoms with Gasteiger partial charge in [0.15, 0.2) is 0 Å². The van der Waals surface area contributed by atoms with E-state index in [0.717, 1.165) is 12.8 Å². The fraction of sp³-hybridized carbons (Fsp3) is 0.875. The van der Waals surface area contributed by atoms with E-state index in [9.17, 15) is 4.79 Å². The van der Waals surface area contributed by atoms with Gasteiger partial charge in [-0.15, -0.1) is 0 Å². The van der Waals surface area contributed by atoms with Crippen molar-refractivity contribution in [3.05, 3.63) is 0 Å². The first-order valence-corrected chi connectivity index (χ1v) is 4.46. The van der Waals surface area contributed by atoms with Gasteiger partial charge in [-0.1, -0.05) is 0 Å². The Bertz CT molecular complexity index is 192. The highest BCUT2D eigenvalue weighted by molar-refractivity contribution is 5.79. The van der Waals surface area contributed by atoms with E-state index in [1.165, 1.54) is 0 Å². The summed E-state index contributed by atoms with van der Waals surface area (Å²) in [5.74, 6) is -0.499. The molecule has 0 radical (unpaired) electrons. The Kier molecular flexibility index (Phi) is 3.24. The Morgan fingerprint density at radius 3 is 2.62 bits per heavy atom. The van der Waals surface area contributed by atoms with Crippen molar-refractivity contribution in [3.63, 3.8) is 0 Å². The van der Waals surface area contributed by atoms with Gasteiger partial charge in [0.1, 0.15) is 0 Å². The zero-order valence-corrected chi connectivity index (χ0v) is 7.62. The number of hydrogen-bond acceptors (Lipinski definition) is 4. The average Bonchev–Trinajstić information content (AvgIpc) is 2.85. The minimum atomic E-state index is -0.630. The average molecular weight is 187 g/mol. The molecule has 1 rings (SSSR count). The van der Waals surface area contributed by atoms with Crippen molar-refractivity contribution < 1.29 is 9.90 Å². The molecular weight excluding hydrogens is 170 g/mol. The first kappa shape index (κ1) is 10.4. The van der Waals surface area contributed by atoms with Gasteiger partial charge in [0.2, 0.25) is 5.91 Å². The second-order valence-electron chi connectivity index (χ2n) is 3.80. The normalized spacial score (nSPS) is 21.1. The van der Waals surface area contributed by atoms with Crippen LogP contribution in [-0.4, -0.2) is 36.8 Å². The second-order valence-corrected chi connectivity index (χ2v) is 3.80. The quantitative estimate of drug-likeness (QED) is 0.392. The molecule has 0 spiro atoms. The largest absolute Gasteiger partial charge is 0.396 e. The van der Waals surface area contributed by atoms with Gasteiger partial charge in [-0.05, 0) is 12.8 Å². The van der Waals surface area contributed by atoms with Crippen LogP contribution in [0.15, 0.2) is 0 Å². The number of rotatable bonds is 6. The molecule has 1 aliphatic rings. The van der Waals surface area contributed by atoms with E-state index in [1.54, 1.807) is 0 Å². The van der Waals surface area contributed by atoms with Gasteiger partial charge >= 0.3 is 0 Å². The van der Waals surface area contributed by atoms with Gasteiger partial charge in [-0.3, -0.25) is 4.79 Å². The lowest BCUT2D eigenvalue weighted by molar-refractivity contribution is -0.119. The Balaban J connectivity index is 2.10. The van der Waals surface area contributed by atoms with E-state index >= 15 is 0 Å². The number of aliphatic hydroxyl groups is 1. The predicted molar refractivity (Wildman–Crippen MR) is 48.8 cm³/mol. The highest BCUT2D eigenvalue weighted by atomic mass is 16.3. The molecule has 1 aliphatic carbocycles. The maximum Gasteiger partial charge on any atom is 0.235 e. The van der Waals surface area contributed by atoms with E-state index in [0.29, 0.717) is 13.1 Å². The van der Waals surface area contributed by atoms with Crippen molar-refractivity contribution in [1.29, 1.82) is 0 Å². The molecule has 5 heteroatoms. The molecule has 1 unspecified atom stereocenters. The third-order valence-corrected chi connectivity index (χ3v) is 2.52. The number of amides is 1. The molecule has 6 N–H and O–H groups in total. The molecule has 5 nitrogen and oxygen atoms in total. The molecule has 76 valence electrons. The summed E-state index contributed by atoms with van der Waals surface area (Å²) in [6.07, 6.45) is 2.09. The smallest absolute Gasteiger partial charge is 0.235 e. The lowest BCUT2D eigenvalue weighted by Gasteiger charge is -2.14. The summed E-state index contributed by atoms with van der Waals surface area (Å²) >= 11 is 0. The van der Waals surface area contributed by atoms with Crippen molar-refractivity contribution in [2.24, 2.45) is 16.9 Å². The van der Waals surface area contributed by atoms with Crippen LogP contribution in [0.3, 0.4) is 0 Å². The van der Waals surface area contributed by atoms with Crippen LogP contribution in [-0.2, 0) is 4.79 Å². The number of nitrogens with one attached hydrogen (secondary N) is 1. The fourth-order valence-corrected chi connectivity index (χ4v) is 1.16. The number of hydrogen-bond donors (Lipinski definition) is 4. The van der Waals surface area contributed by atoms with Crippen molar-refractivity contribution in [3.8, 4) is 0 Å². The van der Waals surface area contributed by atoms with E-state index in [2.05, 4.69) is 5.32 Å². The van der Waals surface area contributed by atoms with E-state index in [-0.39, 0.29) is 12.0 Å². The molecule has 0 aromatic rings. The standard InChI is InChI=1S/C8H17N3O2/c9-6(7(10)13)3-11-4-8(5-12)1-2-8/h6,11-12H,1-5,9H2,(H2,10,13). The minimum Gasteiger partial charge on any atom is -0.396 e. The predicted octanol–water partition coefficient (Wildman–Crippen LogP) is -1.84. The van der Waals surface area contributed by atoms with E-state index in [4.69, 9.17) is 16.6 Å². The van der Waals surface area contributed by atoms with Crippen LogP contribution >= 0.6 is 0 Å². The summed E-state index contributed by atoms with van der Waals surface area (Å²) < 4.78 is 0. The van der Waals surface area contributed by atoms with E-state index in [1.807, 2.05) is 0 Å². The SMILES string of the molecule is NC(=O)C(N)CNCC1(CO)CC1. The lowest BCUT2D eigenvalue weighted by atomic mass is 10.1. The topological polar surface area (TPSA) is 101 Å². The van der Waals surface area contributed by atoms with Gasteiger partial charge in [0, 0.05) is 25.1 Å². The molecular formula is C8H17N3O2. The van der Waals surface area contributed by atoms with Crippen molar-refractivity contribution in [2.75, 3.05) is 19.7 Å². The van der Waals surface area contributed by atoms with Gasteiger partial charge in [0.05, 0.1) is 6.04 Å². The fourth-order valence-electron chi connectivity index (χ4n) is 1.16.